The second kappa shape index (κ2) is 13.8. The molecule has 0 N–H and O–H groups in total. The van der Waals surface area contributed by atoms with Gasteiger partial charge in [0.25, 0.3) is 0 Å². The summed E-state index contributed by atoms with van der Waals surface area (Å²) in [5.74, 6) is 0. The molecule has 3 heterocycles. The first-order valence-electron chi connectivity index (χ1n) is 21.4. The van der Waals surface area contributed by atoms with Gasteiger partial charge >= 0.3 is 0 Å². The summed E-state index contributed by atoms with van der Waals surface area (Å²) < 4.78 is 16.1. The van der Waals surface area contributed by atoms with Crippen molar-refractivity contribution in [2.45, 2.75) is 13.8 Å². The van der Waals surface area contributed by atoms with Crippen LogP contribution in [0.5, 0.6) is 0 Å². The normalized spacial score (nSPS) is 12.0. The van der Waals surface area contributed by atoms with E-state index in [0.717, 1.165) is 78.0 Å². The number of nitrogens with zero attached hydrogens (tertiary/aromatic N) is 2. The Labute approximate surface area is 367 Å². The van der Waals surface area contributed by atoms with Gasteiger partial charge in [0.2, 0.25) is 0 Å². The second-order valence-electron chi connectivity index (χ2n) is 16.5. The lowest BCUT2D eigenvalue weighted by Gasteiger charge is -2.29. The topological polar surface area (TPSA) is 32.8 Å². The van der Waals surface area contributed by atoms with Gasteiger partial charge < -0.3 is 18.6 Å². The Morgan fingerprint density at radius 1 is 0.302 bits per heavy atom. The van der Waals surface area contributed by atoms with E-state index in [1.165, 1.54) is 52.8 Å². The first-order chi connectivity index (χ1) is 31.1. The van der Waals surface area contributed by atoms with Crippen LogP contribution in [0.25, 0.3) is 85.6 Å². The highest BCUT2D eigenvalue weighted by Gasteiger charge is 2.27. The molecule has 5 heteroatoms. The maximum atomic E-state index is 6.78. The zero-order chi connectivity index (χ0) is 41.8. The van der Waals surface area contributed by atoms with Gasteiger partial charge in [0.05, 0.1) is 22.7 Å². The molecule has 13 aromatic rings. The molecule has 0 aliphatic rings. The average molecular weight is 827 g/mol. The lowest BCUT2D eigenvalue weighted by Crippen LogP contribution is -2.12. The summed E-state index contributed by atoms with van der Waals surface area (Å²) in [5, 5.41) is 11.6. The monoisotopic (exact) mass is 826 g/mol. The van der Waals surface area contributed by atoms with Crippen LogP contribution in [0.1, 0.15) is 11.1 Å². The zero-order valence-corrected chi connectivity index (χ0v) is 35.4. The summed E-state index contributed by atoms with van der Waals surface area (Å²) in [6.45, 7) is 4.39. The minimum absolute atomic E-state index is 0.864. The van der Waals surface area contributed by atoms with E-state index in [1.54, 1.807) is 0 Å². The van der Waals surface area contributed by atoms with E-state index in [1.807, 2.05) is 23.5 Å². The molecule has 3 aromatic heterocycles. The summed E-state index contributed by atoms with van der Waals surface area (Å²) in [7, 11) is 0. The van der Waals surface area contributed by atoms with Gasteiger partial charge in [0.15, 0.2) is 11.2 Å². The van der Waals surface area contributed by atoms with Crippen molar-refractivity contribution in [3.05, 3.63) is 205 Å². The Kier molecular flexibility index (Phi) is 7.87. The van der Waals surface area contributed by atoms with Crippen LogP contribution in [0.3, 0.4) is 0 Å². The molecule has 0 fully saturated rings. The SMILES string of the molecule is Cc1ccccc1N(c1cc2c3cc(N(c4ccccc4C)c4cccc5c4oc4ccccc45)c4ccccc4c3sc2c2ccccc12)c1cccc2c1oc1ccccc12. The van der Waals surface area contributed by atoms with Crippen molar-refractivity contribution >= 4 is 131 Å². The van der Waals surface area contributed by atoms with E-state index < -0.39 is 0 Å². The predicted molar refractivity (Wildman–Crippen MR) is 268 cm³/mol. The van der Waals surface area contributed by atoms with Crippen molar-refractivity contribution in [3.8, 4) is 0 Å². The summed E-state index contributed by atoms with van der Waals surface area (Å²) in [6, 6.07) is 69.8. The number of hydrogen-bond acceptors (Lipinski definition) is 5. The fourth-order valence-electron chi connectivity index (χ4n) is 9.98. The van der Waals surface area contributed by atoms with Gasteiger partial charge in [0.1, 0.15) is 11.2 Å². The molecule has 10 aromatic carbocycles. The van der Waals surface area contributed by atoms with Crippen LogP contribution < -0.4 is 9.80 Å². The maximum absolute atomic E-state index is 6.78. The number of benzene rings is 10. The fraction of sp³-hybridized carbons (Fsp3) is 0.0345. The van der Waals surface area contributed by atoms with Crippen LogP contribution in [0, 0.1) is 13.8 Å². The molecule has 63 heavy (non-hydrogen) atoms. The van der Waals surface area contributed by atoms with Crippen LogP contribution in [0.4, 0.5) is 34.1 Å². The van der Waals surface area contributed by atoms with E-state index in [-0.39, 0.29) is 0 Å². The third-order valence-electron chi connectivity index (χ3n) is 12.9. The van der Waals surface area contributed by atoms with Crippen molar-refractivity contribution in [1.82, 2.24) is 0 Å². The maximum Gasteiger partial charge on any atom is 0.159 e. The first kappa shape index (κ1) is 35.9. The number of aryl methyl sites for hydroxylation is 2. The molecule has 13 rings (SSSR count). The molecule has 0 aliphatic heterocycles. The Morgan fingerprint density at radius 2 is 0.651 bits per heavy atom. The van der Waals surface area contributed by atoms with E-state index in [4.69, 9.17) is 8.83 Å². The molecular weight excluding hydrogens is 789 g/mol. The van der Waals surface area contributed by atoms with Crippen LogP contribution in [0.2, 0.25) is 0 Å². The highest BCUT2D eigenvalue weighted by Crippen LogP contribution is 2.53. The van der Waals surface area contributed by atoms with Gasteiger partial charge in [-0.1, -0.05) is 146 Å². The lowest BCUT2D eigenvalue weighted by atomic mass is 9.98. The van der Waals surface area contributed by atoms with Crippen LogP contribution in [-0.2, 0) is 0 Å². The van der Waals surface area contributed by atoms with Gasteiger partial charge in [-0.15, -0.1) is 11.3 Å². The number of hydrogen-bond donors (Lipinski definition) is 0. The van der Waals surface area contributed by atoms with Gasteiger partial charge in [0, 0.05) is 74.6 Å². The first-order valence-corrected chi connectivity index (χ1v) is 22.2. The molecule has 0 unspecified atom stereocenters. The highest BCUT2D eigenvalue weighted by atomic mass is 32.1. The lowest BCUT2D eigenvalue weighted by molar-refractivity contribution is 0.668. The minimum atomic E-state index is 0.864. The van der Waals surface area contributed by atoms with E-state index in [9.17, 15) is 0 Å². The van der Waals surface area contributed by atoms with Crippen molar-refractivity contribution < 1.29 is 8.83 Å². The smallest absolute Gasteiger partial charge is 0.159 e. The Bertz CT molecular complexity index is 3730. The second-order valence-corrected chi connectivity index (χ2v) is 17.5. The van der Waals surface area contributed by atoms with Gasteiger partial charge in [-0.2, -0.15) is 0 Å². The number of rotatable bonds is 6. The van der Waals surface area contributed by atoms with Gasteiger partial charge in [-0.05, 0) is 73.5 Å². The largest absolute Gasteiger partial charge is 0.454 e. The number of thiophene rings is 1. The fourth-order valence-corrected chi connectivity index (χ4v) is 11.3. The van der Waals surface area contributed by atoms with Crippen molar-refractivity contribution in [2.75, 3.05) is 9.80 Å². The highest BCUT2D eigenvalue weighted by molar-refractivity contribution is 7.27. The van der Waals surface area contributed by atoms with E-state index >= 15 is 0 Å². The molecule has 0 radical (unpaired) electrons. The number of anilines is 6. The average Bonchev–Trinajstić information content (AvgIpc) is 4.03. The van der Waals surface area contributed by atoms with Crippen molar-refractivity contribution in [1.29, 1.82) is 0 Å². The third-order valence-corrected chi connectivity index (χ3v) is 14.2. The van der Waals surface area contributed by atoms with Crippen molar-refractivity contribution in [2.24, 2.45) is 0 Å². The van der Waals surface area contributed by atoms with Crippen LogP contribution >= 0.6 is 11.3 Å². The standard InChI is InChI=1S/C58H38N2O2S/c1-35-17-3-11-27-47(35)59(49-29-15-25-41-39-21-9-13-31-53(39)61-55(41)49)51-33-45-46-34-52(38-20-6-8-24-44(38)58(46)63-57(45)43-23-7-5-19-37(43)51)60(48-28-12-4-18-36(48)2)50-30-16-26-42-40-22-10-14-32-54(40)62-56(42)50/h3-34H,1-2H3. The van der Waals surface area contributed by atoms with Crippen LogP contribution in [0.15, 0.2) is 203 Å². The Morgan fingerprint density at radius 3 is 1.10 bits per heavy atom. The summed E-state index contributed by atoms with van der Waals surface area (Å²) in [4.78, 5) is 4.85. The quantitative estimate of drug-likeness (QED) is 0.167. The molecule has 0 spiro atoms. The van der Waals surface area contributed by atoms with Crippen LogP contribution in [-0.4, -0.2) is 0 Å². The summed E-state index contributed by atoms with van der Waals surface area (Å²) >= 11 is 1.89. The number of para-hydroxylation sites is 6. The molecule has 0 saturated heterocycles. The Hall–Kier alpha value is -7.86. The number of furan rings is 2. The van der Waals surface area contributed by atoms with E-state index in [0.29, 0.717) is 0 Å². The summed E-state index contributed by atoms with van der Waals surface area (Å²) in [5.41, 5.74) is 12.2. The third kappa shape index (κ3) is 5.33. The molecule has 0 amide bonds. The minimum Gasteiger partial charge on any atom is -0.454 e. The zero-order valence-electron chi connectivity index (χ0n) is 34.6. The molecule has 0 bridgehead atoms. The van der Waals surface area contributed by atoms with Gasteiger partial charge in [-0.25, -0.2) is 0 Å². The summed E-state index contributed by atoms with van der Waals surface area (Å²) in [6.07, 6.45) is 0. The van der Waals surface area contributed by atoms with E-state index in [2.05, 4.69) is 206 Å². The predicted octanol–water partition coefficient (Wildman–Crippen LogP) is 17.7. The van der Waals surface area contributed by atoms with Crippen molar-refractivity contribution in [3.63, 3.8) is 0 Å². The Balaban J connectivity index is 1.15. The molecular formula is C58H38N2O2S. The molecule has 0 saturated carbocycles. The van der Waals surface area contributed by atoms with Gasteiger partial charge in [-0.3, -0.25) is 0 Å². The molecule has 298 valence electrons. The molecule has 0 aliphatic carbocycles. The molecule has 0 atom stereocenters. The number of fused-ring (bicyclic) bond motifs is 13. The molecule has 4 nitrogen and oxygen atoms in total.